The van der Waals surface area contributed by atoms with Crippen LogP contribution in [0.25, 0.3) is 0 Å². The average Bonchev–Trinajstić information content (AvgIpc) is 2.52. The summed E-state index contributed by atoms with van der Waals surface area (Å²) in [5.41, 5.74) is 5.21. The Bertz CT molecular complexity index is 779. The van der Waals surface area contributed by atoms with Crippen molar-refractivity contribution in [2.75, 3.05) is 14.2 Å². The van der Waals surface area contributed by atoms with Gasteiger partial charge in [-0.05, 0) is 62.1 Å². The molecule has 0 aliphatic heterocycles. The first-order chi connectivity index (χ1) is 10.8. The summed E-state index contributed by atoms with van der Waals surface area (Å²) in [6, 6.07) is 5.37. The van der Waals surface area contributed by atoms with Crippen molar-refractivity contribution < 1.29 is 14.3 Å². The summed E-state index contributed by atoms with van der Waals surface area (Å²) in [5, 5.41) is 0.385. The number of carbonyl (C=O) groups excluding carboxylic acids is 1. The summed E-state index contributed by atoms with van der Waals surface area (Å²) >= 11 is 6.19. The highest BCUT2D eigenvalue weighted by atomic mass is 35.5. The van der Waals surface area contributed by atoms with Crippen LogP contribution in [0.15, 0.2) is 18.2 Å². The van der Waals surface area contributed by atoms with Crippen LogP contribution in [-0.4, -0.2) is 20.0 Å². The summed E-state index contributed by atoms with van der Waals surface area (Å²) in [6.07, 6.45) is 0. The number of aryl methyl sites for hydroxylation is 2. The van der Waals surface area contributed by atoms with Crippen LogP contribution in [-0.2, 0) is 0 Å². The first-order valence-electron chi connectivity index (χ1n) is 7.36. The van der Waals surface area contributed by atoms with E-state index < -0.39 is 0 Å². The molecule has 0 saturated heterocycles. The molecule has 4 heteroatoms. The minimum absolute atomic E-state index is 0.140. The molecule has 0 aliphatic rings. The van der Waals surface area contributed by atoms with Gasteiger partial charge in [-0.1, -0.05) is 17.7 Å². The van der Waals surface area contributed by atoms with Gasteiger partial charge in [0, 0.05) is 5.56 Å². The Morgan fingerprint density at radius 3 is 2.13 bits per heavy atom. The number of methoxy groups -OCH3 is 2. The maximum absolute atomic E-state index is 13.2. The fourth-order valence-electron chi connectivity index (χ4n) is 2.88. The van der Waals surface area contributed by atoms with Crippen LogP contribution in [0.5, 0.6) is 11.5 Å². The zero-order chi connectivity index (χ0) is 17.3. The van der Waals surface area contributed by atoms with Crippen molar-refractivity contribution in [3.8, 4) is 11.5 Å². The SMILES string of the molecule is COc1ccc(Cl)c(OC)c1C(=O)c1c(C)cc(C)c(C)c1C. The van der Waals surface area contributed by atoms with Gasteiger partial charge in [0.05, 0.1) is 19.2 Å². The van der Waals surface area contributed by atoms with E-state index >= 15 is 0 Å². The minimum Gasteiger partial charge on any atom is -0.496 e. The lowest BCUT2D eigenvalue weighted by Gasteiger charge is -2.18. The van der Waals surface area contributed by atoms with E-state index in [1.807, 2.05) is 33.8 Å². The molecule has 2 aromatic rings. The highest BCUT2D eigenvalue weighted by molar-refractivity contribution is 6.33. The van der Waals surface area contributed by atoms with Gasteiger partial charge in [-0.2, -0.15) is 0 Å². The zero-order valence-electron chi connectivity index (χ0n) is 14.3. The van der Waals surface area contributed by atoms with Gasteiger partial charge in [-0.15, -0.1) is 0 Å². The second kappa shape index (κ2) is 6.63. The largest absolute Gasteiger partial charge is 0.496 e. The van der Waals surface area contributed by atoms with E-state index in [0.717, 1.165) is 16.7 Å². The molecule has 3 nitrogen and oxygen atoms in total. The topological polar surface area (TPSA) is 35.5 Å². The molecule has 0 spiro atoms. The van der Waals surface area contributed by atoms with Crippen molar-refractivity contribution in [2.24, 2.45) is 0 Å². The predicted molar refractivity (Wildman–Crippen MR) is 93.4 cm³/mol. The Balaban J connectivity index is 2.77. The van der Waals surface area contributed by atoms with Crippen molar-refractivity contribution in [3.63, 3.8) is 0 Å². The van der Waals surface area contributed by atoms with Gasteiger partial charge in [-0.25, -0.2) is 0 Å². The molecule has 0 fully saturated rings. The average molecular weight is 333 g/mol. The number of hydrogen-bond acceptors (Lipinski definition) is 3. The summed E-state index contributed by atoms with van der Waals surface area (Å²) in [5.74, 6) is 0.653. The molecule has 0 atom stereocenters. The highest BCUT2D eigenvalue weighted by Crippen LogP contribution is 2.38. The standard InChI is InChI=1S/C19H21ClO3/c1-10-9-11(2)16(13(4)12(10)3)18(21)17-15(22-5)8-7-14(20)19(17)23-6/h7-9H,1-6H3. The third-order valence-electron chi connectivity index (χ3n) is 4.31. The van der Waals surface area contributed by atoms with Crippen LogP contribution >= 0.6 is 11.6 Å². The number of ether oxygens (including phenoxy) is 2. The maximum Gasteiger partial charge on any atom is 0.201 e. The molecule has 23 heavy (non-hydrogen) atoms. The van der Waals surface area contributed by atoms with Crippen molar-refractivity contribution in [2.45, 2.75) is 27.7 Å². The normalized spacial score (nSPS) is 10.6. The first-order valence-corrected chi connectivity index (χ1v) is 7.73. The predicted octanol–water partition coefficient (Wildman–Crippen LogP) is 4.82. The van der Waals surface area contributed by atoms with Crippen LogP contribution in [0.1, 0.15) is 38.2 Å². The van der Waals surface area contributed by atoms with Gasteiger partial charge in [0.2, 0.25) is 5.78 Å². The van der Waals surface area contributed by atoms with E-state index in [-0.39, 0.29) is 5.78 Å². The number of hydrogen-bond donors (Lipinski definition) is 0. The third kappa shape index (κ3) is 2.93. The van der Waals surface area contributed by atoms with Crippen LogP contribution < -0.4 is 9.47 Å². The number of ketones is 1. The van der Waals surface area contributed by atoms with Crippen molar-refractivity contribution in [3.05, 3.63) is 56.6 Å². The van der Waals surface area contributed by atoms with E-state index in [2.05, 4.69) is 0 Å². The van der Waals surface area contributed by atoms with Crippen molar-refractivity contribution in [1.82, 2.24) is 0 Å². The Hall–Kier alpha value is -2.00. The highest BCUT2D eigenvalue weighted by Gasteiger charge is 2.25. The van der Waals surface area contributed by atoms with Crippen LogP contribution in [0.4, 0.5) is 0 Å². The molecular weight excluding hydrogens is 312 g/mol. The summed E-state index contributed by atoms with van der Waals surface area (Å²) in [7, 11) is 3.02. The minimum atomic E-state index is -0.140. The van der Waals surface area contributed by atoms with E-state index in [1.165, 1.54) is 19.8 Å². The fourth-order valence-corrected chi connectivity index (χ4v) is 3.12. The first kappa shape index (κ1) is 17.4. The summed E-state index contributed by atoms with van der Waals surface area (Å²) < 4.78 is 10.7. The monoisotopic (exact) mass is 332 g/mol. The van der Waals surface area contributed by atoms with Gasteiger partial charge in [0.25, 0.3) is 0 Å². The molecule has 0 heterocycles. The molecular formula is C19H21ClO3. The van der Waals surface area contributed by atoms with Crippen molar-refractivity contribution >= 4 is 17.4 Å². The number of carbonyl (C=O) groups is 1. The molecule has 0 amide bonds. The van der Waals surface area contributed by atoms with E-state index in [0.29, 0.717) is 27.6 Å². The molecule has 0 N–H and O–H groups in total. The van der Waals surface area contributed by atoms with Gasteiger partial charge in [0.1, 0.15) is 11.3 Å². The number of benzene rings is 2. The van der Waals surface area contributed by atoms with E-state index in [1.54, 1.807) is 12.1 Å². The summed E-state index contributed by atoms with van der Waals surface area (Å²) in [4.78, 5) is 13.2. The third-order valence-corrected chi connectivity index (χ3v) is 4.60. The number of rotatable bonds is 4. The molecule has 0 aliphatic carbocycles. The fraction of sp³-hybridized carbons (Fsp3) is 0.316. The molecule has 0 bridgehead atoms. The Kier molecular flexibility index (Phi) is 5.00. The van der Waals surface area contributed by atoms with Gasteiger partial charge >= 0.3 is 0 Å². The maximum atomic E-state index is 13.2. The second-order valence-corrected chi connectivity index (χ2v) is 6.03. The van der Waals surface area contributed by atoms with Gasteiger partial charge in [-0.3, -0.25) is 4.79 Å². The lowest BCUT2D eigenvalue weighted by atomic mass is 9.89. The smallest absolute Gasteiger partial charge is 0.201 e. The Morgan fingerprint density at radius 2 is 1.57 bits per heavy atom. The Labute approximate surface area is 142 Å². The van der Waals surface area contributed by atoms with Crippen molar-refractivity contribution in [1.29, 1.82) is 0 Å². The molecule has 0 aromatic heterocycles. The van der Waals surface area contributed by atoms with E-state index in [9.17, 15) is 4.79 Å². The molecule has 122 valence electrons. The quantitative estimate of drug-likeness (QED) is 0.753. The second-order valence-electron chi connectivity index (χ2n) is 5.62. The molecule has 2 aromatic carbocycles. The Morgan fingerprint density at radius 1 is 0.913 bits per heavy atom. The lowest BCUT2D eigenvalue weighted by molar-refractivity contribution is 0.103. The zero-order valence-corrected chi connectivity index (χ0v) is 15.1. The molecule has 0 unspecified atom stereocenters. The number of halogens is 1. The summed E-state index contributed by atoms with van der Waals surface area (Å²) in [6.45, 7) is 7.97. The van der Waals surface area contributed by atoms with Crippen LogP contribution in [0.3, 0.4) is 0 Å². The van der Waals surface area contributed by atoms with Gasteiger partial charge < -0.3 is 9.47 Å². The molecule has 0 saturated carbocycles. The van der Waals surface area contributed by atoms with Crippen LogP contribution in [0.2, 0.25) is 5.02 Å². The van der Waals surface area contributed by atoms with E-state index in [4.69, 9.17) is 21.1 Å². The molecule has 2 rings (SSSR count). The van der Waals surface area contributed by atoms with Crippen LogP contribution in [0, 0.1) is 27.7 Å². The lowest BCUT2D eigenvalue weighted by Crippen LogP contribution is -2.11. The van der Waals surface area contributed by atoms with Gasteiger partial charge in [0.15, 0.2) is 5.75 Å². The molecule has 0 radical (unpaired) electrons.